The zero-order chi connectivity index (χ0) is 13.8. The predicted octanol–water partition coefficient (Wildman–Crippen LogP) is 2.34. The van der Waals surface area contributed by atoms with Gasteiger partial charge in [0.2, 0.25) is 5.95 Å². The van der Waals surface area contributed by atoms with Crippen LogP contribution in [0.25, 0.3) is 0 Å². The van der Waals surface area contributed by atoms with Gasteiger partial charge >= 0.3 is 0 Å². The van der Waals surface area contributed by atoms with Crippen molar-refractivity contribution < 1.29 is 0 Å². The van der Waals surface area contributed by atoms with E-state index in [0.29, 0.717) is 6.04 Å². The van der Waals surface area contributed by atoms with Gasteiger partial charge in [0.05, 0.1) is 11.9 Å². The summed E-state index contributed by atoms with van der Waals surface area (Å²) in [6, 6.07) is 10.8. The first-order valence-electron chi connectivity index (χ1n) is 6.56. The Labute approximate surface area is 115 Å². The van der Waals surface area contributed by atoms with Crippen LogP contribution in [0, 0.1) is 0 Å². The van der Waals surface area contributed by atoms with Crippen LogP contribution >= 0.6 is 0 Å². The molecule has 1 heterocycles. The van der Waals surface area contributed by atoms with Crippen molar-refractivity contribution in [2.24, 2.45) is 7.05 Å². The smallest absolute Gasteiger partial charge is 0.204 e. The monoisotopic (exact) mass is 258 g/mol. The molecule has 2 rings (SSSR count). The first kappa shape index (κ1) is 13.6. The number of nitrogens with one attached hydrogen (secondary N) is 1. The molecule has 0 amide bonds. The lowest BCUT2D eigenvalue weighted by Crippen LogP contribution is -2.20. The molecule has 0 fully saturated rings. The molecule has 0 radical (unpaired) electrons. The average Bonchev–Trinajstić information content (AvgIpc) is 2.78. The van der Waals surface area contributed by atoms with Crippen LogP contribution in [0.2, 0.25) is 0 Å². The van der Waals surface area contributed by atoms with Gasteiger partial charge in [-0.1, -0.05) is 30.3 Å². The molecule has 2 aromatic rings. The van der Waals surface area contributed by atoms with E-state index in [1.807, 2.05) is 38.3 Å². The molecule has 0 saturated carbocycles. The summed E-state index contributed by atoms with van der Waals surface area (Å²) < 4.78 is 2.12. The van der Waals surface area contributed by atoms with Crippen molar-refractivity contribution in [3.8, 4) is 0 Å². The number of nitrogens with zero attached hydrogens (tertiary/aromatic N) is 3. The van der Waals surface area contributed by atoms with Crippen LogP contribution in [0.15, 0.2) is 36.5 Å². The van der Waals surface area contributed by atoms with E-state index in [1.165, 1.54) is 11.3 Å². The van der Waals surface area contributed by atoms with Crippen molar-refractivity contribution >= 4 is 5.95 Å². The van der Waals surface area contributed by atoms with Crippen molar-refractivity contribution in [3.63, 3.8) is 0 Å². The Morgan fingerprint density at radius 2 is 1.95 bits per heavy atom. The fourth-order valence-electron chi connectivity index (χ4n) is 2.13. The maximum absolute atomic E-state index is 4.41. The maximum Gasteiger partial charge on any atom is 0.204 e. The number of anilines is 1. The topological polar surface area (TPSA) is 33.1 Å². The van der Waals surface area contributed by atoms with Gasteiger partial charge in [-0.25, -0.2) is 4.98 Å². The largest absolute Gasteiger partial charge is 0.348 e. The maximum atomic E-state index is 4.41. The molecule has 1 aromatic heterocycles. The minimum absolute atomic E-state index is 0.332. The third-order valence-corrected chi connectivity index (χ3v) is 3.35. The number of imidazole rings is 1. The van der Waals surface area contributed by atoms with E-state index in [-0.39, 0.29) is 0 Å². The lowest BCUT2D eigenvalue weighted by molar-refractivity contribution is 0.558. The summed E-state index contributed by atoms with van der Waals surface area (Å²) in [6.07, 6.45) is 1.93. The minimum atomic E-state index is 0.332. The fraction of sp³-hybridized carbons (Fsp3) is 0.400. The van der Waals surface area contributed by atoms with E-state index in [0.717, 1.165) is 12.5 Å². The molecule has 0 saturated heterocycles. The molecule has 4 heteroatoms. The first-order valence-corrected chi connectivity index (χ1v) is 6.56. The quantitative estimate of drug-likeness (QED) is 0.893. The third-order valence-electron chi connectivity index (χ3n) is 3.35. The van der Waals surface area contributed by atoms with Crippen molar-refractivity contribution in [1.82, 2.24) is 14.9 Å². The summed E-state index contributed by atoms with van der Waals surface area (Å²) in [5, 5.41) is 3.53. The number of hydrogen-bond acceptors (Lipinski definition) is 3. The highest BCUT2D eigenvalue weighted by Gasteiger charge is 2.09. The molecule has 0 unspecified atom stereocenters. The second-order valence-corrected chi connectivity index (χ2v) is 5.02. The van der Waals surface area contributed by atoms with E-state index in [4.69, 9.17) is 0 Å². The van der Waals surface area contributed by atoms with Gasteiger partial charge in [-0.15, -0.1) is 0 Å². The van der Waals surface area contributed by atoms with Gasteiger partial charge in [0.1, 0.15) is 0 Å². The summed E-state index contributed by atoms with van der Waals surface area (Å²) >= 11 is 0. The fourth-order valence-corrected chi connectivity index (χ4v) is 2.13. The standard InChI is InChI=1S/C15H22N4/c1-12(13-8-6-5-7-9-13)16-10-14-11-17-15(18(2)3)19(14)4/h5-9,11-12,16H,10H2,1-4H3/t12-/m0/s1. The minimum Gasteiger partial charge on any atom is -0.348 e. The molecule has 0 aliphatic carbocycles. The zero-order valence-electron chi connectivity index (χ0n) is 12.1. The lowest BCUT2D eigenvalue weighted by atomic mass is 10.1. The Balaban J connectivity index is 1.99. The van der Waals surface area contributed by atoms with Crippen LogP contribution in [0.5, 0.6) is 0 Å². The average molecular weight is 258 g/mol. The van der Waals surface area contributed by atoms with Crippen molar-refractivity contribution in [2.45, 2.75) is 19.5 Å². The molecule has 4 nitrogen and oxygen atoms in total. The Hall–Kier alpha value is -1.81. The number of rotatable bonds is 5. The van der Waals surface area contributed by atoms with E-state index in [2.05, 4.69) is 46.1 Å². The molecular formula is C15H22N4. The molecule has 0 aliphatic rings. The van der Waals surface area contributed by atoms with Crippen LogP contribution in [0.4, 0.5) is 5.95 Å². The first-order chi connectivity index (χ1) is 9.09. The third kappa shape index (κ3) is 3.15. The summed E-state index contributed by atoms with van der Waals surface area (Å²) in [7, 11) is 6.06. The highest BCUT2D eigenvalue weighted by molar-refractivity contribution is 5.31. The summed E-state index contributed by atoms with van der Waals surface area (Å²) in [5.74, 6) is 0.976. The highest BCUT2D eigenvalue weighted by Crippen LogP contribution is 2.14. The van der Waals surface area contributed by atoms with Crippen LogP contribution in [-0.2, 0) is 13.6 Å². The van der Waals surface area contributed by atoms with Crippen LogP contribution in [0.1, 0.15) is 24.2 Å². The van der Waals surface area contributed by atoms with Crippen LogP contribution < -0.4 is 10.2 Å². The number of hydrogen-bond donors (Lipinski definition) is 1. The van der Waals surface area contributed by atoms with Crippen molar-refractivity contribution in [3.05, 3.63) is 47.8 Å². The van der Waals surface area contributed by atoms with Gasteiger partial charge in [0, 0.05) is 33.7 Å². The SMILES string of the molecule is C[C@H](NCc1cnc(N(C)C)n1C)c1ccccc1. The summed E-state index contributed by atoms with van der Waals surface area (Å²) in [5.41, 5.74) is 2.49. The predicted molar refractivity (Wildman–Crippen MR) is 79.2 cm³/mol. The molecule has 0 aliphatic heterocycles. The van der Waals surface area contributed by atoms with Crippen LogP contribution in [-0.4, -0.2) is 23.6 Å². The molecule has 1 N–H and O–H groups in total. The zero-order valence-corrected chi connectivity index (χ0v) is 12.1. The molecular weight excluding hydrogens is 236 g/mol. The van der Waals surface area contributed by atoms with E-state index < -0.39 is 0 Å². The van der Waals surface area contributed by atoms with Gasteiger partial charge in [-0.05, 0) is 12.5 Å². The van der Waals surface area contributed by atoms with Crippen molar-refractivity contribution in [2.75, 3.05) is 19.0 Å². The highest BCUT2D eigenvalue weighted by atomic mass is 15.3. The lowest BCUT2D eigenvalue weighted by Gasteiger charge is -2.16. The normalized spacial score (nSPS) is 12.4. The van der Waals surface area contributed by atoms with E-state index >= 15 is 0 Å². The Morgan fingerprint density at radius 3 is 2.53 bits per heavy atom. The Morgan fingerprint density at radius 1 is 1.26 bits per heavy atom. The van der Waals surface area contributed by atoms with Gasteiger partial charge in [-0.3, -0.25) is 0 Å². The van der Waals surface area contributed by atoms with E-state index in [9.17, 15) is 0 Å². The van der Waals surface area contributed by atoms with Gasteiger partial charge in [0.15, 0.2) is 0 Å². The molecule has 0 spiro atoms. The molecule has 0 bridgehead atoms. The summed E-state index contributed by atoms with van der Waals surface area (Å²) in [4.78, 5) is 6.43. The number of benzene rings is 1. The van der Waals surface area contributed by atoms with E-state index in [1.54, 1.807) is 0 Å². The van der Waals surface area contributed by atoms with Gasteiger partial charge in [-0.2, -0.15) is 0 Å². The molecule has 1 aromatic carbocycles. The van der Waals surface area contributed by atoms with Crippen LogP contribution in [0.3, 0.4) is 0 Å². The second-order valence-electron chi connectivity index (χ2n) is 5.02. The Kier molecular flexibility index (Phi) is 4.22. The number of aromatic nitrogens is 2. The Bertz CT molecular complexity index is 516. The summed E-state index contributed by atoms with van der Waals surface area (Å²) in [6.45, 7) is 2.99. The second kappa shape index (κ2) is 5.89. The molecule has 1 atom stereocenters. The van der Waals surface area contributed by atoms with Gasteiger partial charge in [0.25, 0.3) is 0 Å². The van der Waals surface area contributed by atoms with Crippen molar-refractivity contribution in [1.29, 1.82) is 0 Å². The molecule has 102 valence electrons. The molecule has 19 heavy (non-hydrogen) atoms. The van der Waals surface area contributed by atoms with Gasteiger partial charge < -0.3 is 14.8 Å².